The third-order valence-electron chi connectivity index (χ3n) is 5.31. The zero-order chi connectivity index (χ0) is 25.4. The number of carbonyl (C=O) groups excluding carboxylic acids is 1. The van der Waals surface area contributed by atoms with Gasteiger partial charge >= 0.3 is 0 Å². The first-order valence-electron chi connectivity index (χ1n) is 9.91. The summed E-state index contributed by atoms with van der Waals surface area (Å²) < 4.78 is 6.55. The highest BCUT2D eigenvalue weighted by Gasteiger charge is 2.44. The highest BCUT2D eigenvalue weighted by atomic mass is 16.6. The Hall–Kier alpha value is -4.32. The number of H-pyrrole nitrogens is 1. The van der Waals surface area contributed by atoms with Crippen molar-refractivity contribution in [2.45, 2.75) is 31.0 Å². The maximum absolute atomic E-state index is 12.5. The lowest BCUT2D eigenvalue weighted by atomic mass is 10.1. The molecule has 0 saturated carbocycles. The number of anilines is 1. The number of aliphatic hydroxyl groups excluding tert-OH is 3. The molecule has 17 heteroatoms. The predicted octanol–water partition coefficient (Wildman–Crippen LogP) is -1.27. The van der Waals surface area contributed by atoms with Crippen LogP contribution in [-0.4, -0.2) is 75.5 Å². The van der Waals surface area contributed by atoms with E-state index in [-0.39, 0.29) is 22.7 Å². The number of rotatable bonds is 7. The summed E-state index contributed by atoms with van der Waals surface area (Å²) in [6.07, 6.45) is -4.67. The average Bonchev–Trinajstić information content (AvgIpc) is 3.34. The van der Waals surface area contributed by atoms with E-state index in [1.165, 1.54) is 0 Å². The average molecular weight is 491 g/mol. The first-order valence-corrected chi connectivity index (χ1v) is 9.91. The van der Waals surface area contributed by atoms with E-state index < -0.39 is 70.3 Å². The monoisotopic (exact) mass is 491 g/mol. The summed E-state index contributed by atoms with van der Waals surface area (Å²) in [5.41, 5.74) is -2.33. The van der Waals surface area contributed by atoms with Crippen molar-refractivity contribution in [3.8, 4) is 0 Å². The van der Waals surface area contributed by atoms with Crippen LogP contribution in [0.1, 0.15) is 11.8 Å². The lowest BCUT2D eigenvalue weighted by molar-refractivity contribution is -0.394. The van der Waals surface area contributed by atoms with Crippen molar-refractivity contribution in [2.75, 3.05) is 11.9 Å². The lowest BCUT2D eigenvalue weighted by Crippen LogP contribution is -2.33. The number of aromatic amines is 1. The Morgan fingerprint density at radius 3 is 2.60 bits per heavy atom. The summed E-state index contributed by atoms with van der Waals surface area (Å²) in [6.45, 7) is -0.578. The molecule has 1 aliphatic rings. The molecule has 1 aromatic carbocycles. The molecule has 17 nitrogen and oxygen atoms in total. The van der Waals surface area contributed by atoms with Crippen LogP contribution >= 0.6 is 0 Å². The van der Waals surface area contributed by atoms with Crippen molar-refractivity contribution in [1.29, 1.82) is 0 Å². The number of aliphatic hydroxyl groups is 3. The normalized spacial score (nSPS) is 21.8. The first-order chi connectivity index (χ1) is 16.6. The Labute approximate surface area is 192 Å². The maximum Gasteiger partial charge on any atom is 0.280 e. The summed E-state index contributed by atoms with van der Waals surface area (Å²) in [5.74, 6) is -1.19. The van der Waals surface area contributed by atoms with Gasteiger partial charge in [0.2, 0.25) is 11.9 Å². The molecule has 0 spiro atoms. The molecule has 4 rings (SSSR count). The summed E-state index contributed by atoms with van der Waals surface area (Å²) in [6, 6.07) is 2.82. The van der Waals surface area contributed by atoms with Crippen LogP contribution in [0.5, 0.6) is 0 Å². The quantitative estimate of drug-likeness (QED) is 0.192. The van der Waals surface area contributed by atoms with Gasteiger partial charge in [-0.25, -0.2) is 4.98 Å². The predicted molar refractivity (Wildman–Crippen MR) is 113 cm³/mol. The fourth-order valence-electron chi connectivity index (χ4n) is 3.62. The van der Waals surface area contributed by atoms with E-state index >= 15 is 0 Å². The van der Waals surface area contributed by atoms with E-state index in [4.69, 9.17) is 4.74 Å². The molecule has 3 heterocycles. The van der Waals surface area contributed by atoms with Gasteiger partial charge in [0.1, 0.15) is 18.3 Å². The number of nitrogens with zero attached hydrogens (tertiary/aromatic N) is 5. The highest BCUT2D eigenvalue weighted by Crippen LogP contribution is 2.31. The standard InChI is InChI=1S/C18H17N7O10/c26-5-10-13(28)14(29)17(35-10)23-6-19-12-15(23)21-18(22-16(12)30)20-11(27)3-7-1-2-8(24(31)32)4-9(7)25(33)34/h1-2,4,6,10,13-14,17,26,28-29H,3,5H2,(H2,20,21,22,27,30)/t10-,13+,14-,17-/m0/s1. The number of aromatic nitrogens is 4. The molecule has 0 aliphatic carbocycles. The fraction of sp³-hybridized carbons (Fsp3) is 0.333. The van der Waals surface area contributed by atoms with E-state index in [1.54, 1.807) is 0 Å². The number of nitrogens with one attached hydrogen (secondary N) is 2. The number of fused-ring (bicyclic) bond motifs is 1. The van der Waals surface area contributed by atoms with Crippen LogP contribution in [0.2, 0.25) is 0 Å². The molecule has 1 aliphatic heterocycles. The van der Waals surface area contributed by atoms with Crippen molar-refractivity contribution in [3.05, 3.63) is 60.7 Å². The molecule has 0 radical (unpaired) electrons. The number of nitro benzene ring substituents is 2. The Morgan fingerprint density at radius 1 is 1.23 bits per heavy atom. The van der Waals surface area contributed by atoms with Crippen LogP contribution in [-0.2, 0) is 16.0 Å². The van der Waals surface area contributed by atoms with Gasteiger partial charge in [-0.15, -0.1) is 0 Å². The van der Waals surface area contributed by atoms with E-state index in [2.05, 4.69) is 20.3 Å². The van der Waals surface area contributed by atoms with Crippen molar-refractivity contribution in [2.24, 2.45) is 0 Å². The Balaban J connectivity index is 1.60. The molecule has 184 valence electrons. The summed E-state index contributed by atoms with van der Waals surface area (Å²) >= 11 is 0. The SMILES string of the molecule is O=C(Cc1ccc([N+](=O)[O-])cc1[N+](=O)[O-])Nc1nc2c(ncn2[C@H]2O[C@@H](CO)[C@@H](O)[C@@H]2O)c(=O)[nH]1. The summed E-state index contributed by atoms with van der Waals surface area (Å²) in [7, 11) is 0. The van der Waals surface area contributed by atoms with Gasteiger partial charge in [-0.05, 0) is 6.07 Å². The zero-order valence-electron chi connectivity index (χ0n) is 17.5. The largest absolute Gasteiger partial charge is 0.394 e. The molecule has 2 aromatic heterocycles. The van der Waals surface area contributed by atoms with Crippen molar-refractivity contribution >= 4 is 34.4 Å². The number of ether oxygens (including phenoxy) is 1. The van der Waals surface area contributed by atoms with Gasteiger partial charge in [0.05, 0.1) is 35.3 Å². The fourth-order valence-corrected chi connectivity index (χ4v) is 3.62. The van der Waals surface area contributed by atoms with Crippen LogP contribution in [0.4, 0.5) is 17.3 Å². The first kappa shape index (κ1) is 23.8. The van der Waals surface area contributed by atoms with Gasteiger partial charge in [0, 0.05) is 11.6 Å². The van der Waals surface area contributed by atoms with Crippen LogP contribution in [0.3, 0.4) is 0 Å². The number of benzene rings is 1. The molecule has 3 aromatic rings. The minimum atomic E-state index is -1.48. The number of non-ortho nitro benzene ring substituents is 1. The number of hydrogen-bond donors (Lipinski definition) is 5. The molecule has 1 fully saturated rings. The molecule has 1 amide bonds. The second kappa shape index (κ2) is 9.14. The number of nitro groups is 2. The molecular weight excluding hydrogens is 474 g/mol. The van der Waals surface area contributed by atoms with Gasteiger partial charge in [-0.1, -0.05) is 0 Å². The van der Waals surface area contributed by atoms with Crippen LogP contribution in [0, 0.1) is 20.2 Å². The third kappa shape index (κ3) is 4.43. The van der Waals surface area contributed by atoms with Gasteiger partial charge in [0.25, 0.3) is 16.9 Å². The van der Waals surface area contributed by atoms with E-state index in [1.807, 2.05) is 0 Å². The topological polar surface area (TPSA) is 249 Å². The second-order valence-corrected chi connectivity index (χ2v) is 7.52. The Kier molecular flexibility index (Phi) is 6.22. The number of imidazole rings is 1. The molecule has 1 saturated heterocycles. The number of amides is 1. The smallest absolute Gasteiger partial charge is 0.280 e. The minimum Gasteiger partial charge on any atom is -0.394 e. The summed E-state index contributed by atoms with van der Waals surface area (Å²) in [5, 5.41) is 53.9. The third-order valence-corrected chi connectivity index (χ3v) is 5.31. The molecule has 0 unspecified atom stereocenters. The molecule has 35 heavy (non-hydrogen) atoms. The summed E-state index contributed by atoms with van der Waals surface area (Å²) in [4.78, 5) is 55.6. The van der Waals surface area contributed by atoms with E-state index in [9.17, 15) is 45.1 Å². The van der Waals surface area contributed by atoms with Crippen LogP contribution in [0.15, 0.2) is 29.3 Å². The van der Waals surface area contributed by atoms with Gasteiger partial charge in [-0.2, -0.15) is 4.98 Å². The zero-order valence-corrected chi connectivity index (χ0v) is 17.5. The maximum atomic E-state index is 12.5. The minimum absolute atomic E-state index is 0.113. The van der Waals surface area contributed by atoms with Crippen molar-refractivity contribution < 1.29 is 34.7 Å². The van der Waals surface area contributed by atoms with Crippen LogP contribution < -0.4 is 10.9 Å². The lowest BCUT2D eigenvalue weighted by Gasteiger charge is -2.16. The van der Waals surface area contributed by atoms with Gasteiger partial charge < -0.3 is 20.1 Å². The van der Waals surface area contributed by atoms with E-state index in [0.717, 1.165) is 29.1 Å². The molecule has 0 bridgehead atoms. The number of hydrogen-bond acceptors (Lipinski definition) is 12. The Morgan fingerprint density at radius 2 is 1.97 bits per heavy atom. The second-order valence-electron chi connectivity index (χ2n) is 7.52. The van der Waals surface area contributed by atoms with E-state index in [0.29, 0.717) is 0 Å². The molecule has 4 atom stereocenters. The Bertz CT molecular complexity index is 1390. The highest BCUT2D eigenvalue weighted by molar-refractivity contribution is 5.92. The number of carbonyl (C=O) groups is 1. The molecule has 5 N–H and O–H groups in total. The molecular formula is C18H17N7O10. The van der Waals surface area contributed by atoms with Gasteiger partial charge in [0.15, 0.2) is 17.4 Å². The van der Waals surface area contributed by atoms with Gasteiger partial charge in [-0.3, -0.25) is 44.7 Å². The van der Waals surface area contributed by atoms with Crippen molar-refractivity contribution in [1.82, 2.24) is 19.5 Å². The van der Waals surface area contributed by atoms with Crippen LogP contribution in [0.25, 0.3) is 11.2 Å². The van der Waals surface area contributed by atoms with Crippen molar-refractivity contribution in [3.63, 3.8) is 0 Å².